The van der Waals surface area contributed by atoms with Crippen LogP contribution in [-0.4, -0.2) is 12.5 Å². The summed E-state index contributed by atoms with van der Waals surface area (Å²) in [6, 6.07) is 8.80. The lowest BCUT2D eigenvalue weighted by Gasteiger charge is -2.01. The van der Waals surface area contributed by atoms with Crippen LogP contribution >= 0.6 is 0 Å². The fourth-order valence-corrected chi connectivity index (χ4v) is 1.01. The van der Waals surface area contributed by atoms with Gasteiger partial charge in [0.2, 0.25) is 0 Å². The van der Waals surface area contributed by atoms with E-state index in [1.54, 1.807) is 24.3 Å². The van der Waals surface area contributed by atoms with Crippen molar-refractivity contribution >= 4 is 5.91 Å². The highest BCUT2D eigenvalue weighted by Crippen LogP contribution is 2.03. The van der Waals surface area contributed by atoms with Gasteiger partial charge in [-0.15, -0.1) is 0 Å². The minimum Gasteiger partial charge on any atom is -0.339 e. The van der Waals surface area contributed by atoms with Crippen molar-refractivity contribution in [2.24, 2.45) is 5.73 Å². The zero-order valence-electron chi connectivity index (χ0n) is 7.66. The maximum atomic E-state index is 11.3. The lowest BCUT2D eigenvalue weighted by molar-refractivity contribution is 0.0958. The molecular formula is C10H11N3O. The minimum atomic E-state index is -0.241. The van der Waals surface area contributed by atoms with E-state index in [9.17, 15) is 4.79 Å². The molecule has 0 unspecified atom stereocenters. The molecule has 72 valence electrons. The summed E-state index contributed by atoms with van der Waals surface area (Å²) >= 11 is 0. The number of amides is 1. The van der Waals surface area contributed by atoms with Gasteiger partial charge < -0.3 is 11.1 Å². The van der Waals surface area contributed by atoms with E-state index in [1.165, 1.54) is 0 Å². The number of carbonyl (C=O) groups is 1. The Bertz CT molecular complexity index is 351. The second-order valence-electron chi connectivity index (χ2n) is 2.74. The number of hydrogen-bond acceptors (Lipinski definition) is 3. The van der Waals surface area contributed by atoms with E-state index in [-0.39, 0.29) is 12.5 Å². The highest BCUT2D eigenvalue weighted by atomic mass is 16.1. The third-order valence-electron chi connectivity index (χ3n) is 1.78. The van der Waals surface area contributed by atoms with E-state index in [2.05, 4.69) is 5.32 Å². The highest BCUT2D eigenvalue weighted by Gasteiger charge is 2.02. The Labute approximate surface area is 82.3 Å². The molecule has 4 heteroatoms. The van der Waals surface area contributed by atoms with Crippen molar-refractivity contribution < 1.29 is 4.79 Å². The van der Waals surface area contributed by atoms with Crippen LogP contribution in [0.15, 0.2) is 24.3 Å². The third-order valence-corrected chi connectivity index (χ3v) is 1.78. The lowest BCUT2D eigenvalue weighted by Crippen LogP contribution is -2.23. The number of rotatable bonds is 3. The standard InChI is InChI=1S/C10H11N3O/c11-5-6-13-10(14)9-3-1-8(7-12)2-4-9/h1-4H,6-7,12H2,(H,13,14). The highest BCUT2D eigenvalue weighted by molar-refractivity contribution is 5.94. The molecule has 0 saturated carbocycles. The first-order valence-electron chi connectivity index (χ1n) is 4.22. The molecule has 0 aromatic heterocycles. The second kappa shape index (κ2) is 5.00. The van der Waals surface area contributed by atoms with Crippen LogP contribution in [0.4, 0.5) is 0 Å². The number of nitrogens with zero attached hydrogens (tertiary/aromatic N) is 1. The number of benzene rings is 1. The van der Waals surface area contributed by atoms with E-state index >= 15 is 0 Å². The van der Waals surface area contributed by atoms with Crippen molar-refractivity contribution in [3.8, 4) is 6.07 Å². The van der Waals surface area contributed by atoms with Gasteiger partial charge in [0.25, 0.3) is 5.91 Å². The van der Waals surface area contributed by atoms with Crippen LogP contribution in [0, 0.1) is 11.3 Å². The van der Waals surface area contributed by atoms with Gasteiger partial charge in [-0.25, -0.2) is 0 Å². The zero-order valence-corrected chi connectivity index (χ0v) is 7.66. The maximum Gasteiger partial charge on any atom is 0.252 e. The summed E-state index contributed by atoms with van der Waals surface area (Å²) < 4.78 is 0. The predicted octanol–water partition coefficient (Wildman–Crippen LogP) is 0.399. The van der Waals surface area contributed by atoms with Crippen molar-refractivity contribution in [3.05, 3.63) is 35.4 Å². The molecule has 4 nitrogen and oxygen atoms in total. The fourth-order valence-electron chi connectivity index (χ4n) is 1.01. The molecule has 0 spiro atoms. The van der Waals surface area contributed by atoms with E-state index in [0.717, 1.165) is 5.56 Å². The van der Waals surface area contributed by atoms with Crippen LogP contribution in [0.3, 0.4) is 0 Å². The van der Waals surface area contributed by atoms with Crippen LogP contribution in [0.25, 0.3) is 0 Å². The number of nitrogens with two attached hydrogens (primary N) is 1. The van der Waals surface area contributed by atoms with Crippen molar-refractivity contribution in [3.63, 3.8) is 0 Å². The van der Waals surface area contributed by atoms with Gasteiger partial charge in [0.1, 0.15) is 6.54 Å². The van der Waals surface area contributed by atoms with Gasteiger partial charge in [-0.2, -0.15) is 5.26 Å². The smallest absolute Gasteiger partial charge is 0.252 e. The molecule has 0 bridgehead atoms. The molecule has 1 amide bonds. The topological polar surface area (TPSA) is 78.9 Å². The Balaban J connectivity index is 2.67. The van der Waals surface area contributed by atoms with E-state index in [1.807, 2.05) is 6.07 Å². The molecule has 0 aliphatic rings. The summed E-state index contributed by atoms with van der Waals surface area (Å²) in [5.74, 6) is -0.241. The zero-order chi connectivity index (χ0) is 10.4. The molecule has 3 N–H and O–H groups in total. The van der Waals surface area contributed by atoms with Crippen LogP contribution in [0.1, 0.15) is 15.9 Å². The van der Waals surface area contributed by atoms with Crippen LogP contribution < -0.4 is 11.1 Å². The molecular weight excluding hydrogens is 178 g/mol. The lowest BCUT2D eigenvalue weighted by atomic mass is 10.1. The average Bonchev–Trinajstić information content (AvgIpc) is 2.26. The Morgan fingerprint density at radius 1 is 1.43 bits per heavy atom. The molecule has 0 heterocycles. The molecule has 1 aromatic rings. The molecule has 1 rings (SSSR count). The molecule has 0 atom stereocenters. The molecule has 14 heavy (non-hydrogen) atoms. The monoisotopic (exact) mass is 189 g/mol. The molecule has 1 aromatic carbocycles. The van der Waals surface area contributed by atoms with Gasteiger partial charge in [-0.05, 0) is 17.7 Å². The van der Waals surface area contributed by atoms with Crippen molar-refractivity contribution in [2.45, 2.75) is 6.54 Å². The Morgan fingerprint density at radius 2 is 2.07 bits per heavy atom. The predicted molar refractivity (Wildman–Crippen MR) is 52.3 cm³/mol. The van der Waals surface area contributed by atoms with E-state index in [4.69, 9.17) is 11.0 Å². The number of nitriles is 1. The molecule has 0 aliphatic carbocycles. The first-order chi connectivity index (χ1) is 6.77. The van der Waals surface area contributed by atoms with E-state index < -0.39 is 0 Å². The Hall–Kier alpha value is -1.86. The van der Waals surface area contributed by atoms with Crippen LogP contribution in [0.5, 0.6) is 0 Å². The van der Waals surface area contributed by atoms with Crippen molar-refractivity contribution in [2.75, 3.05) is 6.54 Å². The van der Waals surface area contributed by atoms with Gasteiger partial charge >= 0.3 is 0 Å². The average molecular weight is 189 g/mol. The van der Waals surface area contributed by atoms with Crippen molar-refractivity contribution in [1.82, 2.24) is 5.32 Å². The van der Waals surface area contributed by atoms with E-state index in [0.29, 0.717) is 12.1 Å². The fraction of sp³-hybridized carbons (Fsp3) is 0.200. The first-order valence-corrected chi connectivity index (χ1v) is 4.22. The molecule has 0 radical (unpaired) electrons. The third kappa shape index (κ3) is 2.57. The Morgan fingerprint density at radius 3 is 2.57 bits per heavy atom. The molecule has 0 saturated heterocycles. The summed E-state index contributed by atoms with van der Waals surface area (Å²) in [6.07, 6.45) is 0. The summed E-state index contributed by atoms with van der Waals surface area (Å²) in [4.78, 5) is 11.3. The maximum absolute atomic E-state index is 11.3. The number of nitrogens with one attached hydrogen (secondary N) is 1. The van der Waals surface area contributed by atoms with Crippen LogP contribution in [0.2, 0.25) is 0 Å². The van der Waals surface area contributed by atoms with Crippen LogP contribution in [-0.2, 0) is 6.54 Å². The van der Waals surface area contributed by atoms with Gasteiger partial charge in [-0.3, -0.25) is 4.79 Å². The summed E-state index contributed by atoms with van der Waals surface area (Å²) in [5.41, 5.74) is 6.93. The van der Waals surface area contributed by atoms with Gasteiger partial charge in [-0.1, -0.05) is 12.1 Å². The number of hydrogen-bond donors (Lipinski definition) is 2. The Kier molecular flexibility index (Phi) is 3.65. The normalized spacial score (nSPS) is 9.14. The molecule has 0 aliphatic heterocycles. The largest absolute Gasteiger partial charge is 0.339 e. The van der Waals surface area contributed by atoms with Gasteiger partial charge in [0.05, 0.1) is 6.07 Å². The second-order valence-corrected chi connectivity index (χ2v) is 2.74. The molecule has 0 fully saturated rings. The minimum absolute atomic E-state index is 0.0253. The quantitative estimate of drug-likeness (QED) is 0.675. The van der Waals surface area contributed by atoms with Gasteiger partial charge in [0.15, 0.2) is 0 Å². The summed E-state index contributed by atoms with van der Waals surface area (Å²) in [7, 11) is 0. The van der Waals surface area contributed by atoms with Crippen molar-refractivity contribution in [1.29, 1.82) is 5.26 Å². The SMILES string of the molecule is N#CCNC(=O)c1ccc(CN)cc1. The number of carbonyl (C=O) groups excluding carboxylic acids is 1. The first kappa shape index (κ1) is 10.2. The summed E-state index contributed by atoms with van der Waals surface area (Å²) in [5, 5.41) is 10.7. The van der Waals surface area contributed by atoms with Gasteiger partial charge in [0, 0.05) is 12.1 Å². The summed E-state index contributed by atoms with van der Waals surface area (Å²) in [6.45, 7) is 0.484.